The molecule has 12 heteroatoms. The maximum Gasteiger partial charge on any atom is 0.255 e. The summed E-state index contributed by atoms with van der Waals surface area (Å²) in [5, 5.41) is 46.5. The number of fused-ring (bicyclic) bond motifs is 3. The summed E-state index contributed by atoms with van der Waals surface area (Å²) < 4.78 is 15.3. The zero-order valence-electron chi connectivity index (χ0n) is 20.6. The third kappa shape index (κ3) is 3.62. The number of piperidine rings is 1. The minimum atomic E-state index is -2.71. The van der Waals surface area contributed by atoms with Gasteiger partial charge in [0, 0.05) is 29.5 Å². The van der Waals surface area contributed by atoms with Gasteiger partial charge in [0.25, 0.3) is 5.91 Å². The average Bonchev–Trinajstić information content (AvgIpc) is 2.84. The molecule has 4 aliphatic rings. The van der Waals surface area contributed by atoms with Gasteiger partial charge in [-0.25, -0.2) is 4.39 Å². The maximum atomic E-state index is 15.3. The van der Waals surface area contributed by atoms with E-state index in [1.807, 2.05) is 4.90 Å². The molecule has 11 nitrogen and oxygen atoms in total. The molecule has 1 aromatic carbocycles. The number of Topliss-reactive ketones (excluding diaryl/α,β-unsaturated/α-hetero) is 2. The number of ketones is 2. The number of nitrogens with one attached hydrogen (secondary N) is 1. The van der Waals surface area contributed by atoms with Crippen molar-refractivity contribution in [3.63, 3.8) is 0 Å². The Hall–Kier alpha value is -3.77. The van der Waals surface area contributed by atoms with Crippen molar-refractivity contribution >= 4 is 34.8 Å². The summed E-state index contributed by atoms with van der Waals surface area (Å²) >= 11 is 0. The molecule has 2 amide bonds. The molecule has 3 aliphatic carbocycles. The zero-order valence-corrected chi connectivity index (χ0v) is 20.6. The summed E-state index contributed by atoms with van der Waals surface area (Å²) in [5.74, 6) is -9.27. The molecule has 7 N–H and O–H groups in total. The molecule has 1 aliphatic heterocycles. The molecule has 202 valence electrons. The number of carbonyl (C=O) groups excluding carboxylic acids is 4. The Morgan fingerprint density at radius 1 is 1.18 bits per heavy atom. The number of hydrogen-bond acceptors (Lipinski definition) is 9. The van der Waals surface area contributed by atoms with Gasteiger partial charge in [-0.15, -0.1) is 0 Å². The first-order valence-corrected chi connectivity index (χ1v) is 12.4. The molecule has 1 aromatic rings. The second-order valence-corrected chi connectivity index (χ2v) is 10.5. The smallest absolute Gasteiger partial charge is 0.255 e. The summed E-state index contributed by atoms with van der Waals surface area (Å²) in [6.45, 7) is 0.702. The van der Waals surface area contributed by atoms with Gasteiger partial charge in [-0.3, -0.25) is 24.1 Å². The number of aliphatic hydroxyl groups is 3. The van der Waals surface area contributed by atoms with Crippen molar-refractivity contribution < 1.29 is 44.0 Å². The molecule has 4 atom stereocenters. The summed E-state index contributed by atoms with van der Waals surface area (Å²) in [5.41, 5.74) is 0.393. The van der Waals surface area contributed by atoms with E-state index < -0.39 is 87.5 Å². The monoisotopic (exact) mass is 529 g/mol. The van der Waals surface area contributed by atoms with E-state index in [1.54, 1.807) is 7.05 Å². The SMILES string of the molecule is CN1CCCC[C@H]1C(=O)Nc1cc(F)c2c(c1O)C(O)=C1C(=O)[C@]3(O)C(O)=C(C(N)=O)C(=O)C[C@@H]3CC1C2. The third-order valence-electron chi connectivity index (χ3n) is 8.34. The van der Waals surface area contributed by atoms with Crippen molar-refractivity contribution in [2.75, 3.05) is 18.9 Å². The number of phenols is 1. The van der Waals surface area contributed by atoms with E-state index in [1.165, 1.54) is 0 Å². The fourth-order valence-electron chi connectivity index (χ4n) is 6.36. The molecular formula is C26H28FN3O8. The molecule has 0 radical (unpaired) electrons. The molecule has 0 spiro atoms. The fourth-order valence-corrected chi connectivity index (χ4v) is 6.36. The Balaban J connectivity index is 1.58. The normalized spacial score (nSPS) is 29.5. The van der Waals surface area contributed by atoms with Crippen molar-refractivity contribution in [2.45, 2.75) is 50.2 Å². The van der Waals surface area contributed by atoms with Gasteiger partial charge in [0.2, 0.25) is 11.7 Å². The van der Waals surface area contributed by atoms with Gasteiger partial charge >= 0.3 is 0 Å². The number of carbonyl (C=O) groups is 4. The number of phenolic OH excluding ortho intramolecular Hbond substituents is 1. The van der Waals surface area contributed by atoms with Crippen LogP contribution in [0.3, 0.4) is 0 Å². The Labute approximate surface area is 216 Å². The Kier molecular flexibility index (Phi) is 6.07. The van der Waals surface area contributed by atoms with Crippen molar-refractivity contribution in [1.82, 2.24) is 4.90 Å². The predicted molar refractivity (Wildman–Crippen MR) is 130 cm³/mol. The number of nitrogens with zero attached hydrogens (tertiary/aromatic N) is 1. The van der Waals surface area contributed by atoms with E-state index in [0.29, 0.717) is 13.0 Å². The van der Waals surface area contributed by atoms with E-state index in [9.17, 15) is 39.6 Å². The van der Waals surface area contributed by atoms with E-state index in [0.717, 1.165) is 18.9 Å². The van der Waals surface area contributed by atoms with Gasteiger partial charge in [0.05, 0.1) is 17.3 Å². The summed E-state index contributed by atoms with van der Waals surface area (Å²) in [7, 11) is 1.78. The number of aromatic hydroxyl groups is 1. The van der Waals surface area contributed by atoms with E-state index >= 15 is 4.39 Å². The minimum absolute atomic E-state index is 0.0977. The number of likely N-dealkylation sites (N-methyl/N-ethyl adjacent to an activating group) is 1. The average molecular weight is 530 g/mol. The van der Waals surface area contributed by atoms with Crippen LogP contribution in [0.15, 0.2) is 23.0 Å². The highest BCUT2D eigenvalue weighted by molar-refractivity contribution is 6.22. The highest BCUT2D eigenvalue weighted by Gasteiger charge is 2.60. The minimum Gasteiger partial charge on any atom is -0.508 e. The molecule has 1 unspecified atom stereocenters. The van der Waals surface area contributed by atoms with Crippen molar-refractivity contribution in [3.05, 3.63) is 39.9 Å². The quantitative estimate of drug-likeness (QED) is 0.245. The van der Waals surface area contributed by atoms with Gasteiger partial charge in [0.15, 0.2) is 17.1 Å². The van der Waals surface area contributed by atoms with Crippen LogP contribution < -0.4 is 11.1 Å². The molecular weight excluding hydrogens is 501 g/mol. The molecule has 1 heterocycles. The van der Waals surface area contributed by atoms with Crippen LogP contribution in [0.1, 0.15) is 43.2 Å². The van der Waals surface area contributed by atoms with Crippen molar-refractivity contribution in [1.29, 1.82) is 0 Å². The van der Waals surface area contributed by atoms with Crippen LogP contribution in [-0.2, 0) is 25.6 Å². The second-order valence-electron chi connectivity index (χ2n) is 10.5. The number of primary amides is 1. The summed E-state index contributed by atoms with van der Waals surface area (Å²) in [6, 6.07) is 0.458. The standard InChI is InChI=1S/C26H28FN3O8/c1-30-5-3-2-4-15(30)25(37)29-14-9-13(27)12-7-10-6-11-8-16(31)19(24(28)36)23(35)26(11,38)22(34)17(10)21(33)18(12)20(14)32/h9-11,15,32-33,35,38H,2-8H2,1H3,(H2,28,36)(H,29,37)/t10?,11-,15-,26-/m0/s1. The lowest BCUT2D eigenvalue weighted by Gasteiger charge is -2.46. The topological polar surface area (TPSA) is 190 Å². The van der Waals surface area contributed by atoms with Crippen LogP contribution in [0.25, 0.3) is 5.76 Å². The molecule has 2 fully saturated rings. The van der Waals surface area contributed by atoms with Gasteiger partial charge in [-0.1, -0.05) is 6.42 Å². The lowest BCUT2D eigenvalue weighted by molar-refractivity contribution is -0.147. The number of halogens is 1. The first kappa shape index (κ1) is 25.9. The summed E-state index contributed by atoms with van der Waals surface area (Å²) in [6.07, 6.45) is 1.62. The zero-order chi connectivity index (χ0) is 27.7. The number of anilines is 1. The maximum absolute atomic E-state index is 15.3. The molecule has 38 heavy (non-hydrogen) atoms. The predicted octanol–water partition coefficient (Wildman–Crippen LogP) is 0.986. The van der Waals surface area contributed by atoms with E-state index in [2.05, 4.69) is 5.32 Å². The number of likely N-dealkylation sites (tertiary alicyclic amines) is 1. The lowest BCUT2D eigenvalue weighted by atomic mass is 9.59. The van der Waals surface area contributed by atoms with Crippen molar-refractivity contribution in [3.8, 4) is 5.75 Å². The number of nitrogens with two attached hydrogens (primary N) is 1. The van der Waals surface area contributed by atoms with Crippen LogP contribution in [0.2, 0.25) is 0 Å². The Morgan fingerprint density at radius 2 is 1.89 bits per heavy atom. The highest BCUT2D eigenvalue weighted by Crippen LogP contribution is 2.53. The van der Waals surface area contributed by atoms with Gasteiger partial charge in [-0.05, 0) is 45.2 Å². The summed E-state index contributed by atoms with van der Waals surface area (Å²) in [4.78, 5) is 52.4. The van der Waals surface area contributed by atoms with Gasteiger partial charge < -0.3 is 31.5 Å². The molecule has 0 bridgehead atoms. The second kappa shape index (κ2) is 8.91. The number of amides is 2. The van der Waals surface area contributed by atoms with Gasteiger partial charge in [0.1, 0.15) is 22.9 Å². The molecule has 1 saturated carbocycles. The number of rotatable bonds is 3. The number of benzene rings is 1. The van der Waals surface area contributed by atoms with E-state index in [-0.39, 0.29) is 29.7 Å². The number of hydrogen-bond donors (Lipinski definition) is 6. The van der Waals surface area contributed by atoms with Crippen LogP contribution in [0.5, 0.6) is 5.75 Å². The first-order valence-electron chi connectivity index (χ1n) is 12.4. The van der Waals surface area contributed by atoms with E-state index in [4.69, 9.17) is 5.73 Å². The Morgan fingerprint density at radius 3 is 2.55 bits per heavy atom. The lowest BCUT2D eigenvalue weighted by Crippen LogP contribution is -2.58. The Bertz CT molecular complexity index is 1370. The van der Waals surface area contributed by atoms with Crippen molar-refractivity contribution in [2.24, 2.45) is 17.6 Å². The van der Waals surface area contributed by atoms with Crippen LogP contribution in [0.4, 0.5) is 10.1 Å². The van der Waals surface area contributed by atoms with Crippen LogP contribution >= 0.6 is 0 Å². The van der Waals surface area contributed by atoms with Gasteiger partial charge in [-0.2, -0.15) is 0 Å². The molecule has 0 aromatic heterocycles. The van der Waals surface area contributed by atoms with Crippen LogP contribution in [0, 0.1) is 17.7 Å². The highest BCUT2D eigenvalue weighted by atomic mass is 19.1. The van der Waals surface area contributed by atoms with Crippen LogP contribution in [-0.4, -0.2) is 73.9 Å². The fraction of sp³-hybridized carbons (Fsp3) is 0.462. The molecule has 5 rings (SSSR count). The molecule has 1 saturated heterocycles. The first-order chi connectivity index (χ1) is 17.9. The third-order valence-corrected chi connectivity index (χ3v) is 8.34. The largest absolute Gasteiger partial charge is 0.508 e. The number of aliphatic hydroxyl groups excluding tert-OH is 2.